The maximum absolute atomic E-state index is 13.2. The molecule has 1 amide bonds. The van der Waals surface area contributed by atoms with Gasteiger partial charge in [0.1, 0.15) is 5.25 Å². The highest BCUT2D eigenvalue weighted by atomic mass is 32.2. The van der Waals surface area contributed by atoms with E-state index in [0.717, 1.165) is 42.3 Å². The summed E-state index contributed by atoms with van der Waals surface area (Å²) in [5, 5.41) is 2.80. The lowest BCUT2D eigenvalue weighted by Gasteiger charge is -2.34. The van der Waals surface area contributed by atoms with E-state index in [9.17, 15) is 4.79 Å². The lowest BCUT2D eigenvalue weighted by molar-refractivity contribution is -0.115. The van der Waals surface area contributed by atoms with Gasteiger partial charge in [-0.3, -0.25) is 4.79 Å². The Morgan fingerprint density at radius 3 is 2.07 bits per heavy atom. The lowest BCUT2D eigenvalue weighted by atomic mass is 10.1. The summed E-state index contributed by atoms with van der Waals surface area (Å²) in [6.07, 6.45) is 0. The van der Waals surface area contributed by atoms with Gasteiger partial charge in [-0.05, 0) is 49.0 Å². The van der Waals surface area contributed by atoms with Crippen molar-refractivity contribution in [3.8, 4) is 0 Å². The number of anilines is 2. The number of hydrogen-bond donors (Lipinski definition) is 1. The third kappa shape index (κ3) is 5.23. The van der Waals surface area contributed by atoms with Gasteiger partial charge in [0.05, 0.1) is 0 Å². The van der Waals surface area contributed by atoms with E-state index in [4.69, 9.17) is 0 Å². The first kappa shape index (κ1) is 20.5. The number of rotatable bonds is 6. The number of amides is 1. The Morgan fingerprint density at radius 2 is 1.43 bits per heavy atom. The zero-order valence-corrected chi connectivity index (χ0v) is 18.0. The van der Waals surface area contributed by atoms with Crippen LogP contribution in [0.4, 0.5) is 11.4 Å². The van der Waals surface area contributed by atoms with Crippen molar-refractivity contribution in [3.05, 3.63) is 90.5 Å². The SMILES string of the molecule is CN1CCN(c2ccc(NC(=O)[C@H](Sc3ccccc3)c3ccccc3)cc2)CC1. The van der Waals surface area contributed by atoms with Gasteiger partial charge in [0.25, 0.3) is 0 Å². The molecule has 0 radical (unpaired) electrons. The average molecular weight is 418 g/mol. The van der Waals surface area contributed by atoms with E-state index in [1.807, 2.05) is 72.8 Å². The van der Waals surface area contributed by atoms with Crippen LogP contribution >= 0.6 is 11.8 Å². The molecule has 1 aliphatic heterocycles. The molecular weight excluding hydrogens is 390 g/mol. The second-order valence-electron chi connectivity index (χ2n) is 7.55. The Morgan fingerprint density at radius 1 is 0.833 bits per heavy atom. The number of carbonyl (C=O) groups is 1. The van der Waals surface area contributed by atoms with Gasteiger partial charge in [-0.2, -0.15) is 0 Å². The second kappa shape index (κ2) is 9.83. The Kier molecular flexibility index (Phi) is 6.72. The van der Waals surface area contributed by atoms with Crippen molar-refractivity contribution in [1.82, 2.24) is 4.90 Å². The number of carbonyl (C=O) groups excluding carboxylic acids is 1. The van der Waals surface area contributed by atoms with Crippen LogP contribution in [0, 0.1) is 0 Å². The lowest BCUT2D eigenvalue weighted by Crippen LogP contribution is -2.44. The molecule has 5 heteroatoms. The van der Waals surface area contributed by atoms with Gasteiger partial charge in [0.2, 0.25) is 5.91 Å². The summed E-state index contributed by atoms with van der Waals surface area (Å²) in [5.41, 5.74) is 3.03. The van der Waals surface area contributed by atoms with Gasteiger partial charge in [-0.25, -0.2) is 0 Å². The standard InChI is InChI=1S/C25H27N3OS/c1-27-16-18-28(19-17-27)22-14-12-21(13-15-22)26-25(29)24(20-8-4-2-5-9-20)30-23-10-6-3-7-11-23/h2-15,24H,16-19H2,1H3,(H,26,29)/t24-/m1/s1. The first-order valence-corrected chi connectivity index (χ1v) is 11.2. The fourth-order valence-corrected chi connectivity index (χ4v) is 4.61. The van der Waals surface area contributed by atoms with E-state index in [-0.39, 0.29) is 11.2 Å². The van der Waals surface area contributed by atoms with Gasteiger partial charge >= 0.3 is 0 Å². The quantitative estimate of drug-likeness (QED) is 0.578. The largest absolute Gasteiger partial charge is 0.369 e. The maximum Gasteiger partial charge on any atom is 0.242 e. The smallest absolute Gasteiger partial charge is 0.242 e. The van der Waals surface area contributed by atoms with Crippen molar-refractivity contribution in [2.45, 2.75) is 10.1 Å². The van der Waals surface area contributed by atoms with Crippen LogP contribution in [0.3, 0.4) is 0 Å². The molecule has 1 heterocycles. The Hall–Kier alpha value is -2.76. The zero-order chi connectivity index (χ0) is 20.8. The predicted octanol–water partition coefficient (Wildman–Crippen LogP) is 4.91. The first-order chi connectivity index (χ1) is 14.7. The summed E-state index contributed by atoms with van der Waals surface area (Å²) in [6, 6.07) is 28.2. The summed E-state index contributed by atoms with van der Waals surface area (Å²) < 4.78 is 0. The minimum absolute atomic E-state index is 0.0117. The number of benzene rings is 3. The van der Waals surface area contributed by atoms with Crippen molar-refractivity contribution in [2.75, 3.05) is 43.4 Å². The molecule has 0 aromatic heterocycles. The number of thioether (sulfide) groups is 1. The van der Waals surface area contributed by atoms with E-state index in [1.165, 1.54) is 5.69 Å². The number of piperazine rings is 1. The first-order valence-electron chi connectivity index (χ1n) is 10.3. The molecule has 1 fully saturated rings. The second-order valence-corrected chi connectivity index (χ2v) is 8.73. The fraction of sp³-hybridized carbons (Fsp3) is 0.240. The highest BCUT2D eigenvalue weighted by Gasteiger charge is 2.22. The van der Waals surface area contributed by atoms with Crippen molar-refractivity contribution in [2.24, 2.45) is 0 Å². The molecule has 0 spiro atoms. The van der Waals surface area contributed by atoms with Crippen molar-refractivity contribution in [3.63, 3.8) is 0 Å². The van der Waals surface area contributed by atoms with Crippen LogP contribution in [0.25, 0.3) is 0 Å². The van der Waals surface area contributed by atoms with E-state index in [2.05, 4.69) is 34.3 Å². The highest BCUT2D eigenvalue weighted by Crippen LogP contribution is 2.36. The van der Waals surface area contributed by atoms with Crippen LogP contribution in [-0.4, -0.2) is 44.0 Å². The van der Waals surface area contributed by atoms with Gasteiger partial charge in [-0.15, -0.1) is 11.8 Å². The van der Waals surface area contributed by atoms with Crippen LogP contribution in [0.15, 0.2) is 89.8 Å². The number of hydrogen-bond acceptors (Lipinski definition) is 4. The molecule has 0 aliphatic carbocycles. The molecule has 1 N–H and O–H groups in total. The summed E-state index contributed by atoms with van der Waals surface area (Å²) in [5.74, 6) is -0.0117. The molecule has 1 saturated heterocycles. The molecule has 0 unspecified atom stereocenters. The third-order valence-corrected chi connectivity index (χ3v) is 6.61. The van der Waals surface area contributed by atoms with Crippen LogP contribution < -0.4 is 10.2 Å². The highest BCUT2D eigenvalue weighted by molar-refractivity contribution is 8.00. The van der Waals surface area contributed by atoms with E-state index >= 15 is 0 Å². The molecule has 30 heavy (non-hydrogen) atoms. The Bertz CT molecular complexity index is 939. The minimum Gasteiger partial charge on any atom is -0.369 e. The normalized spacial score (nSPS) is 15.6. The van der Waals surface area contributed by atoms with Crippen molar-refractivity contribution >= 4 is 29.0 Å². The summed E-state index contributed by atoms with van der Waals surface area (Å²) in [6.45, 7) is 4.22. The van der Waals surface area contributed by atoms with E-state index < -0.39 is 0 Å². The Labute approximate surface area is 182 Å². The summed E-state index contributed by atoms with van der Waals surface area (Å²) >= 11 is 1.57. The molecule has 1 atom stereocenters. The van der Waals surface area contributed by atoms with Crippen LogP contribution in [0.5, 0.6) is 0 Å². The molecule has 4 rings (SSSR count). The molecule has 154 valence electrons. The number of nitrogens with zero attached hydrogens (tertiary/aromatic N) is 2. The number of likely N-dealkylation sites (N-methyl/N-ethyl adjacent to an activating group) is 1. The molecule has 0 bridgehead atoms. The third-order valence-electron chi connectivity index (χ3n) is 5.34. The van der Waals surface area contributed by atoms with E-state index in [1.54, 1.807) is 11.8 Å². The Balaban J connectivity index is 1.47. The van der Waals surface area contributed by atoms with Crippen LogP contribution in [0.1, 0.15) is 10.8 Å². The topological polar surface area (TPSA) is 35.6 Å². The van der Waals surface area contributed by atoms with Gasteiger partial charge in [0.15, 0.2) is 0 Å². The van der Waals surface area contributed by atoms with Gasteiger partial charge < -0.3 is 15.1 Å². The van der Waals surface area contributed by atoms with E-state index in [0.29, 0.717) is 0 Å². The number of nitrogens with one attached hydrogen (secondary N) is 1. The molecule has 3 aromatic rings. The molecular formula is C25H27N3OS. The summed E-state index contributed by atoms with van der Waals surface area (Å²) in [4.78, 5) is 19.0. The molecule has 3 aromatic carbocycles. The summed E-state index contributed by atoms with van der Waals surface area (Å²) in [7, 11) is 2.16. The van der Waals surface area contributed by atoms with Gasteiger partial charge in [-0.1, -0.05) is 48.5 Å². The minimum atomic E-state index is -0.314. The van der Waals surface area contributed by atoms with Gasteiger partial charge in [0, 0.05) is 42.4 Å². The van der Waals surface area contributed by atoms with Crippen molar-refractivity contribution < 1.29 is 4.79 Å². The fourth-order valence-electron chi connectivity index (χ4n) is 3.56. The molecule has 4 nitrogen and oxygen atoms in total. The molecule has 0 saturated carbocycles. The predicted molar refractivity (Wildman–Crippen MR) is 126 cm³/mol. The zero-order valence-electron chi connectivity index (χ0n) is 17.2. The average Bonchev–Trinajstić information content (AvgIpc) is 2.80. The van der Waals surface area contributed by atoms with Crippen LogP contribution in [-0.2, 0) is 4.79 Å². The van der Waals surface area contributed by atoms with Crippen molar-refractivity contribution in [1.29, 1.82) is 0 Å². The maximum atomic E-state index is 13.2. The molecule has 1 aliphatic rings. The monoisotopic (exact) mass is 417 g/mol. The van der Waals surface area contributed by atoms with Crippen LogP contribution in [0.2, 0.25) is 0 Å².